The van der Waals surface area contributed by atoms with E-state index in [1.54, 1.807) is 13.8 Å². The highest BCUT2D eigenvalue weighted by molar-refractivity contribution is 5.87. The highest BCUT2D eigenvalue weighted by atomic mass is 16.6. The van der Waals surface area contributed by atoms with Crippen LogP contribution in [-0.4, -0.2) is 49.2 Å². The fraction of sp³-hybridized carbons (Fsp3) is 0.667. The van der Waals surface area contributed by atoms with E-state index < -0.39 is 6.23 Å². The number of nitrogens with zero attached hydrogens (tertiary/aromatic N) is 1. The van der Waals surface area contributed by atoms with E-state index in [9.17, 15) is 14.4 Å². The van der Waals surface area contributed by atoms with Crippen molar-refractivity contribution in [1.82, 2.24) is 10.2 Å². The molecule has 0 aliphatic carbocycles. The summed E-state index contributed by atoms with van der Waals surface area (Å²) in [7, 11) is 1.51. The van der Waals surface area contributed by atoms with Gasteiger partial charge < -0.3 is 14.8 Å². The van der Waals surface area contributed by atoms with E-state index >= 15 is 0 Å². The average molecular weight is 312 g/mol. The summed E-state index contributed by atoms with van der Waals surface area (Å²) >= 11 is 0. The van der Waals surface area contributed by atoms with E-state index in [1.165, 1.54) is 24.2 Å². The summed E-state index contributed by atoms with van der Waals surface area (Å²) in [4.78, 5) is 35.1. The Morgan fingerprint density at radius 2 is 2.14 bits per heavy atom. The van der Waals surface area contributed by atoms with Crippen LogP contribution in [0.4, 0.5) is 0 Å². The van der Waals surface area contributed by atoms with E-state index in [0.717, 1.165) is 0 Å². The largest absolute Gasteiger partial charge is 0.463 e. The number of rotatable bonds is 7. The van der Waals surface area contributed by atoms with E-state index in [4.69, 9.17) is 9.47 Å². The van der Waals surface area contributed by atoms with Gasteiger partial charge in [0, 0.05) is 25.2 Å². The third-order valence-corrected chi connectivity index (χ3v) is 3.40. The molecular formula is C15H24N2O5. The topological polar surface area (TPSA) is 84.9 Å². The van der Waals surface area contributed by atoms with Gasteiger partial charge in [-0.1, -0.05) is 20.8 Å². The molecule has 124 valence electrons. The molecule has 22 heavy (non-hydrogen) atoms. The standard InChI is InChI=1S/C15H24N2O5/c1-10(2)15(20)21-8-12-7-11(3)14(22-12)17(9-18)6-5-13(19)16-4/h5-6,9-12,14H,7-8H2,1-4H3,(H,16,19)/b6-5-/t11?,12?,14-/m1/s1. The van der Waals surface area contributed by atoms with Gasteiger partial charge in [-0.15, -0.1) is 0 Å². The summed E-state index contributed by atoms with van der Waals surface area (Å²) in [6, 6.07) is 0. The quantitative estimate of drug-likeness (QED) is 0.424. The number of carbonyl (C=O) groups is 3. The third-order valence-electron chi connectivity index (χ3n) is 3.40. The van der Waals surface area contributed by atoms with Crippen LogP contribution < -0.4 is 5.32 Å². The molecule has 1 aliphatic heterocycles. The van der Waals surface area contributed by atoms with E-state index in [0.29, 0.717) is 12.8 Å². The second-order valence-electron chi connectivity index (χ2n) is 5.63. The van der Waals surface area contributed by atoms with Gasteiger partial charge in [-0.05, 0) is 6.42 Å². The minimum atomic E-state index is -0.471. The Labute approximate surface area is 130 Å². The zero-order valence-corrected chi connectivity index (χ0v) is 13.4. The molecule has 1 aliphatic rings. The Kier molecular flexibility index (Phi) is 7.04. The van der Waals surface area contributed by atoms with Gasteiger partial charge in [-0.3, -0.25) is 19.3 Å². The van der Waals surface area contributed by atoms with Crippen LogP contribution in [0.25, 0.3) is 0 Å². The zero-order valence-electron chi connectivity index (χ0n) is 13.4. The summed E-state index contributed by atoms with van der Waals surface area (Å²) in [6.45, 7) is 5.64. The summed E-state index contributed by atoms with van der Waals surface area (Å²) in [5, 5.41) is 2.43. The summed E-state index contributed by atoms with van der Waals surface area (Å²) in [5.41, 5.74) is 0. The number of carbonyl (C=O) groups excluding carboxylic acids is 3. The van der Waals surface area contributed by atoms with Crippen LogP contribution in [0.5, 0.6) is 0 Å². The molecule has 0 aromatic rings. The number of amides is 2. The number of nitrogens with one attached hydrogen (secondary N) is 1. The molecule has 1 fully saturated rings. The van der Waals surface area contributed by atoms with Crippen molar-refractivity contribution in [3.05, 3.63) is 12.3 Å². The van der Waals surface area contributed by atoms with Crippen molar-refractivity contribution >= 4 is 18.3 Å². The Morgan fingerprint density at radius 1 is 1.45 bits per heavy atom. The fourth-order valence-corrected chi connectivity index (χ4v) is 2.15. The SMILES string of the molecule is CNC(=O)/C=C\N(C=O)[C@@H]1OC(COC(=O)C(C)C)CC1C. The Hall–Kier alpha value is -1.89. The number of hydrogen-bond donors (Lipinski definition) is 1. The smallest absolute Gasteiger partial charge is 0.308 e. The molecule has 0 saturated carbocycles. The summed E-state index contributed by atoms with van der Waals surface area (Å²) in [6.07, 6.45) is 3.21. The molecule has 0 aromatic heterocycles. The minimum Gasteiger partial charge on any atom is -0.463 e. The molecule has 1 rings (SSSR count). The van der Waals surface area contributed by atoms with E-state index in [2.05, 4.69) is 5.32 Å². The average Bonchev–Trinajstić information content (AvgIpc) is 2.86. The molecule has 0 spiro atoms. The van der Waals surface area contributed by atoms with Crippen molar-refractivity contribution < 1.29 is 23.9 Å². The third kappa shape index (κ3) is 5.14. The first-order chi connectivity index (χ1) is 10.4. The Bertz CT molecular complexity index is 436. The maximum absolute atomic E-state index is 11.5. The number of likely N-dealkylation sites (N-methyl/N-ethyl adjacent to an activating group) is 1. The number of ether oxygens (including phenoxy) is 2. The molecule has 2 unspecified atom stereocenters. The number of esters is 1. The van der Waals surface area contributed by atoms with Gasteiger partial charge in [0.15, 0.2) is 0 Å². The predicted octanol–water partition coefficient (Wildman–Crippen LogP) is 0.655. The van der Waals surface area contributed by atoms with Crippen LogP contribution in [0, 0.1) is 11.8 Å². The first-order valence-corrected chi connectivity index (χ1v) is 7.33. The molecule has 0 aromatic carbocycles. The molecule has 0 radical (unpaired) electrons. The lowest BCUT2D eigenvalue weighted by atomic mass is 10.1. The Balaban J connectivity index is 2.57. The number of hydrogen-bond acceptors (Lipinski definition) is 5. The van der Waals surface area contributed by atoms with Crippen molar-refractivity contribution in [3.63, 3.8) is 0 Å². The van der Waals surface area contributed by atoms with Gasteiger partial charge in [0.1, 0.15) is 12.8 Å². The highest BCUT2D eigenvalue weighted by Gasteiger charge is 2.36. The van der Waals surface area contributed by atoms with Crippen molar-refractivity contribution in [2.75, 3.05) is 13.7 Å². The molecule has 0 bridgehead atoms. The van der Waals surface area contributed by atoms with E-state index in [-0.39, 0.29) is 36.4 Å². The van der Waals surface area contributed by atoms with Gasteiger partial charge in [0.25, 0.3) is 0 Å². The highest BCUT2D eigenvalue weighted by Crippen LogP contribution is 2.28. The normalized spacial score (nSPS) is 24.5. The van der Waals surface area contributed by atoms with Crippen LogP contribution in [0.3, 0.4) is 0 Å². The molecule has 2 amide bonds. The molecule has 3 atom stereocenters. The molecule has 1 heterocycles. The maximum atomic E-state index is 11.5. The van der Waals surface area contributed by atoms with Crippen LogP contribution in [-0.2, 0) is 23.9 Å². The van der Waals surface area contributed by atoms with Crippen LogP contribution in [0.1, 0.15) is 27.2 Å². The second kappa shape index (κ2) is 8.53. The Morgan fingerprint density at radius 3 is 2.68 bits per heavy atom. The molecular weight excluding hydrogens is 288 g/mol. The van der Waals surface area contributed by atoms with E-state index in [1.807, 2.05) is 6.92 Å². The molecule has 1 N–H and O–H groups in total. The zero-order chi connectivity index (χ0) is 16.7. The van der Waals surface area contributed by atoms with Gasteiger partial charge in [-0.2, -0.15) is 0 Å². The second-order valence-corrected chi connectivity index (χ2v) is 5.63. The van der Waals surface area contributed by atoms with Crippen molar-refractivity contribution in [3.8, 4) is 0 Å². The molecule has 1 saturated heterocycles. The van der Waals surface area contributed by atoms with Gasteiger partial charge in [-0.25, -0.2) is 0 Å². The van der Waals surface area contributed by atoms with Crippen molar-refractivity contribution in [2.45, 2.75) is 39.5 Å². The first kappa shape index (κ1) is 18.2. The van der Waals surface area contributed by atoms with Gasteiger partial charge in [0.2, 0.25) is 12.3 Å². The van der Waals surface area contributed by atoms with Crippen molar-refractivity contribution in [1.29, 1.82) is 0 Å². The van der Waals surface area contributed by atoms with Crippen molar-refractivity contribution in [2.24, 2.45) is 11.8 Å². The lowest BCUT2D eigenvalue weighted by Gasteiger charge is -2.24. The lowest BCUT2D eigenvalue weighted by Crippen LogP contribution is -2.34. The summed E-state index contributed by atoms with van der Waals surface area (Å²) < 4.78 is 10.9. The van der Waals surface area contributed by atoms with Crippen LogP contribution >= 0.6 is 0 Å². The first-order valence-electron chi connectivity index (χ1n) is 7.33. The summed E-state index contributed by atoms with van der Waals surface area (Å²) in [5.74, 6) is -0.690. The van der Waals surface area contributed by atoms with Gasteiger partial charge >= 0.3 is 5.97 Å². The fourth-order valence-electron chi connectivity index (χ4n) is 2.15. The monoisotopic (exact) mass is 312 g/mol. The predicted molar refractivity (Wildman–Crippen MR) is 79.3 cm³/mol. The molecule has 7 heteroatoms. The maximum Gasteiger partial charge on any atom is 0.308 e. The lowest BCUT2D eigenvalue weighted by molar-refractivity contribution is -0.153. The van der Waals surface area contributed by atoms with Crippen LogP contribution in [0.15, 0.2) is 12.3 Å². The van der Waals surface area contributed by atoms with Gasteiger partial charge in [0.05, 0.1) is 12.0 Å². The van der Waals surface area contributed by atoms with Crippen LogP contribution in [0.2, 0.25) is 0 Å². The minimum absolute atomic E-state index is 0.0716. The molecule has 7 nitrogen and oxygen atoms in total.